The summed E-state index contributed by atoms with van der Waals surface area (Å²) >= 11 is 1.52. The number of para-hydroxylation sites is 2. The van der Waals surface area contributed by atoms with Crippen LogP contribution in [-0.4, -0.2) is 40.3 Å². The molecule has 1 aromatic heterocycles. The molecule has 0 fully saturated rings. The summed E-state index contributed by atoms with van der Waals surface area (Å²) in [4.78, 5) is 19.5. The van der Waals surface area contributed by atoms with Gasteiger partial charge in [-0.25, -0.2) is 4.98 Å². The Morgan fingerprint density at radius 3 is 2.63 bits per heavy atom. The molecule has 3 aromatic rings. The van der Waals surface area contributed by atoms with Crippen LogP contribution < -0.4 is 4.74 Å². The standard InChI is InChI=1S/C24H27N3O2S/c1-26(16-18-10-6-9-15-22(18)29-2)23(28)17-30-24-25-20-13-7-8-14-21(20)27(24)19-11-4-3-5-12-19/h3-6,9-12,15H,7-8,13-14,16-17H2,1-2H3. The Morgan fingerprint density at radius 2 is 1.83 bits per heavy atom. The smallest absolute Gasteiger partial charge is 0.233 e. The number of nitrogens with zero attached hydrogens (tertiary/aromatic N) is 3. The maximum absolute atomic E-state index is 12.8. The highest BCUT2D eigenvalue weighted by Crippen LogP contribution is 2.31. The van der Waals surface area contributed by atoms with Crippen LogP contribution in [0.3, 0.4) is 0 Å². The molecule has 5 nitrogen and oxygen atoms in total. The van der Waals surface area contributed by atoms with E-state index in [0.29, 0.717) is 12.3 Å². The van der Waals surface area contributed by atoms with Crippen LogP contribution in [0.2, 0.25) is 0 Å². The van der Waals surface area contributed by atoms with Crippen LogP contribution in [0, 0.1) is 0 Å². The molecule has 0 atom stereocenters. The number of imidazole rings is 1. The minimum absolute atomic E-state index is 0.0755. The second-order valence-electron chi connectivity index (χ2n) is 7.52. The van der Waals surface area contributed by atoms with Gasteiger partial charge in [-0.15, -0.1) is 0 Å². The lowest BCUT2D eigenvalue weighted by molar-refractivity contribution is -0.127. The van der Waals surface area contributed by atoms with Crippen molar-refractivity contribution in [1.29, 1.82) is 0 Å². The summed E-state index contributed by atoms with van der Waals surface area (Å²) in [5.74, 6) is 1.23. The summed E-state index contributed by atoms with van der Waals surface area (Å²) in [7, 11) is 3.49. The van der Waals surface area contributed by atoms with Gasteiger partial charge in [-0.05, 0) is 43.9 Å². The third kappa shape index (κ3) is 4.38. The molecule has 4 rings (SSSR count). The lowest BCUT2D eigenvalue weighted by Crippen LogP contribution is -2.28. The third-order valence-corrected chi connectivity index (χ3v) is 6.39. The van der Waals surface area contributed by atoms with Crippen LogP contribution in [0.1, 0.15) is 29.8 Å². The Hall–Kier alpha value is -2.73. The normalized spacial score (nSPS) is 13.0. The number of hydrogen-bond acceptors (Lipinski definition) is 4. The van der Waals surface area contributed by atoms with Gasteiger partial charge < -0.3 is 9.64 Å². The van der Waals surface area contributed by atoms with Gasteiger partial charge in [0.05, 0.1) is 18.6 Å². The molecule has 0 bridgehead atoms. The Morgan fingerprint density at radius 1 is 1.10 bits per heavy atom. The molecule has 1 aliphatic carbocycles. The van der Waals surface area contributed by atoms with E-state index in [0.717, 1.165) is 35.0 Å². The van der Waals surface area contributed by atoms with Gasteiger partial charge >= 0.3 is 0 Å². The maximum Gasteiger partial charge on any atom is 0.233 e. The zero-order valence-electron chi connectivity index (χ0n) is 17.5. The Labute approximate surface area is 182 Å². The second-order valence-corrected chi connectivity index (χ2v) is 8.46. The summed E-state index contributed by atoms with van der Waals surface area (Å²) in [5.41, 5.74) is 4.60. The number of rotatable bonds is 7. The van der Waals surface area contributed by atoms with Crippen LogP contribution in [0.4, 0.5) is 0 Å². The quantitative estimate of drug-likeness (QED) is 0.527. The molecular formula is C24H27N3O2S. The molecule has 0 aliphatic heterocycles. The zero-order chi connectivity index (χ0) is 20.9. The summed E-state index contributed by atoms with van der Waals surface area (Å²) in [5, 5.41) is 0.909. The second kappa shape index (κ2) is 9.39. The highest BCUT2D eigenvalue weighted by atomic mass is 32.2. The van der Waals surface area contributed by atoms with Gasteiger partial charge in [0.25, 0.3) is 0 Å². The minimum atomic E-state index is 0.0755. The SMILES string of the molecule is COc1ccccc1CN(C)C(=O)CSc1nc2c(n1-c1ccccc1)CCCC2. The van der Waals surface area contributed by atoms with Crippen molar-refractivity contribution in [3.05, 3.63) is 71.5 Å². The van der Waals surface area contributed by atoms with Crippen molar-refractivity contribution in [2.45, 2.75) is 37.4 Å². The van der Waals surface area contributed by atoms with E-state index in [2.05, 4.69) is 16.7 Å². The van der Waals surface area contributed by atoms with E-state index >= 15 is 0 Å². The number of methoxy groups -OCH3 is 1. The van der Waals surface area contributed by atoms with E-state index < -0.39 is 0 Å². The highest BCUT2D eigenvalue weighted by Gasteiger charge is 2.22. The number of carbonyl (C=O) groups excluding carboxylic acids is 1. The number of carbonyl (C=O) groups is 1. The topological polar surface area (TPSA) is 47.4 Å². The average Bonchev–Trinajstić information content (AvgIpc) is 3.16. The summed E-state index contributed by atoms with van der Waals surface area (Å²) < 4.78 is 7.65. The molecule has 6 heteroatoms. The van der Waals surface area contributed by atoms with Crippen molar-refractivity contribution in [2.75, 3.05) is 19.9 Å². The molecule has 0 saturated heterocycles. The number of ether oxygens (including phenoxy) is 1. The van der Waals surface area contributed by atoms with Crippen molar-refractivity contribution in [3.63, 3.8) is 0 Å². The number of fused-ring (bicyclic) bond motifs is 1. The molecule has 0 radical (unpaired) electrons. The first-order valence-corrected chi connectivity index (χ1v) is 11.3. The molecule has 0 spiro atoms. The summed E-state index contributed by atoms with van der Waals surface area (Å²) in [6, 6.07) is 18.1. The van der Waals surface area contributed by atoms with Crippen LogP contribution in [0.15, 0.2) is 59.8 Å². The Bertz CT molecular complexity index is 1020. The molecule has 0 unspecified atom stereocenters. The van der Waals surface area contributed by atoms with Gasteiger partial charge in [0.2, 0.25) is 5.91 Å². The monoisotopic (exact) mass is 421 g/mol. The van der Waals surface area contributed by atoms with E-state index in [9.17, 15) is 4.79 Å². The molecule has 156 valence electrons. The first kappa shape index (κ1) is 20.5. The lowest BCUT2D eigenvalue weighted by Gasteiger charge is -2.19. The first-order chi connectivity index (χ1) is 14.7. The van der Waals surface area contributed by atoms with Crippen molar-refractivity contribution < 1.29 is 9.53 Å². The van der Waals surface area contributed by atoms with Gasteiger partial charge in [-0.2, -0.15) is 0 Å². The van der Waals surface area contributed by atoms with Crippen LogP contribution >= 0.6 is 11.8 Å². The van der Waals surface area contributed by atoms with Crippen LogP contribution in [0.5, 0.6) is 5.75 Å². The third-order valence-electron chi connectivity index (χ3n) is 5.47. The fraction of sp³-hybridized carbons (Fsp3) is 0.333. The first-order valence-electron chi connectivity index (χ1n) is 10.3. The van der Waals surface area contributed by atoms with Gasteiger partial charge in [0.15, 0.2) is 5.16 Å². The van der Waals surface area contributed by atoms with Crippen LogP contribution in [-0.2, 0) is 24.2 Å². The fourth-order valence-corrected chi connectivity index (χ4v) is 4.86. The number of benzene rings is 2. The summed E-state index contributed by atoms with van der Waals surface area (Å²) in [6.45, 7) is 0.521. The van der Waals surface area contributed by atoms with Gasteiger partial charge in [0.1, 0.15) is 5.75 Å². The van der Waals surface area contributed by atoms with Gasteiger partial charge in [0, 0.05) is 30.5 Å². The Balaban J connectivity index is 1.49. The number of aromatic nitrogens is 2. The largest absolute Gasteiger partial charge is 0.496 e. The van der Waals surface area contributed by atoms with Gasteiger partial charge in [-0.3, -0.25) is 9.36 Å². The predicted octanol–water partition coefficient (Wildman–Crippen LogP) is 4.51. The molecule has 2 aromatic carbocycles. The molecule has 1 amide bonds. The van der Waals surface area contributed by atoms with Crippen molar-refractivity contribution in [2.24, 2.45) is 0 Å². The lowest BCUT2D eigenvalue weighted by atomic mass is 10.0. The molecule has 0 saturated carbocycles. The highest BCUT2D eigenvalue weighted by molar-refractivity contribution is 7.99. The number of aryl methyl sites for hydroxylation is 1. The minimum Gasteiger partial charge on any atom is -0.496 e. The molecule has 1 aliphatic rings. The van der Waals surface area contributed by atoms with Gasteiger partial charge in [-0.1, -0.05) is 48.2 Å². The van der Waals surface area contributed by atoms with Crippen molar-refractivity contribution in [1.82, 2.24) is 14.5 Å². The number of hydrogen-bond donors (Lipinski definition) is 0. The summed E-state index contributed by atoms with van der Waals surface area (Å²) in [6.07, 6.45) is 4.43. The number of amides is 1. The maximum atomic E-state index is 12.8. The van der Waals surface area contributed by atoms with E-state index in [4.69, 9.17) is 9.72 Å². The van der Waals surface area contributed by atoms with E-state index in [1.165, 1.54) is 36.0 Å². The van der Waals surface area contributed by atoms with E-state index in [1.54, 1.807) is 12.0 Å². The van der Waals surface area contributed by atoms with Crippen molar-refractivity contribution >= 4 is 17.7 Å². The fourth-order valence-electron chi connectivity index (χ4n) is 3.87. The predicted molar refractivity (Wildman–Crippen MR) is 120 cm³/mol. The zero-order valence-corrected chi connectivity index (χ0v) is 18.3. The molecular weight excluding hydrogens is 394 g/mol. The number of thioether (sulfide) groups is 1. The van der Waals surface area contributed by atoms with Crippen molar-refractivity contribution in [3.8, 4) is 11.4 Å². The average molecular weight is 422 g/mol. The van der Waals surface area contributed by atoms with Crippen LogP contribution in [0.25, 0.3) is 5.69 Å². The van der Waals surface area contributed by atoms with E-state index in [1.807, 2.05) is 49.5 Å². The Kier molecular flexibility index (Phi) is 6.43. The molecule has 0 N–H and O–H groups in total. The molecule has 1 heterocycles. The van der Waals surface area contributed by atoms with E-state index in [-0.39, 0.29) is 5.91 Å². The molecule has 30 heavy (non-hydrogen) atoms.